The molecule has 0 spiro atoms. The van der Waals surface area contributed by atoms with Gasteiger partial charge in [-0.3, -0.25) is 19.2 Å². The van der Waals surface area contributed by atoms with Crippen molar-refractivity contribution in [1.29, 1.82) is 0 Å². The summed E-state index contributed by atoms with van der Waals surface area (Å²) in [5.74, 6) is 4.39. The number of ether oxygens (including phenoxy) is 12. The quantitative estimate of drug-likeness (QED) is 0.0121. The predicted octanol–water partition coefficient (Wildman–Crippen LogP) is 12.3. The standard InChI is InChI=1S/C14H19NO2.C13H19NO4.C13H17NO3.C10H12O3.C9H9ClO3.C9H10O4.C4H11NO.C2Cl2O2.C2H5.CH2Cl2.Cl2OS.Li/c1-5-10-11(7-6-8-12(10)16-4)13-15-14(2,3)9-17-13;1-13(2,8-15)14-12(16)9-6-5-7-10(17-3)11(9)18-4;1-13(2)8-17-12(14-13)9-6-5-7-10(15-3)11(9)16-4;1-3-7-8(10(11)12)5-4-6-9(7)13-2;2*1-12-7-5-3-4-6(9(10)11)8(7)13-2;1-4(2,5)3-6;3-1(5)2(4)6;1-2;2-1-3;1-4(2)3;/h6-8H,5,9H2,1-4H3;5-7,15H,8H2,1-4H3,(H,14,16);5-7H,8H2,1-4H3;4-6H,3H2,1-2H3,(H,11,12);3-5H,1-2H3;3-5H,1-2H3,(H,10,11);6H,3,5H2,1-2H3;;1H2,2H3;1H2;;/q;;;;;;;;-1;;;+1. The number of carbonyl (C=O) groups excluding carboxylic acids is 4. The average Bonchev–Trinajstić information content (AvgIpc) is 1.67. The van der Waals surface area contributed by atoms with E-state index in [2.05, 4.69) is 87.6 Å². The van der Waals surface area contributed by atoms with E-state index in [-0.39, 0.29) is 65.7 Å². The normalized spacial score (nSPS) is 11.8. The van der Waals surface area contributed by atoms with Crippen molar-refractivity contribution in [2.24, 2.45) is 15.7 Å². The molecule has 113 heavy (non-hydrogen) atoms. The van der Waals surface area contributed by atoms with Crippen molar-refractivity contribution in [2.75, 3.05) is 103 Å². The van der Waals surface area contributed by atoms with Crippen molar-refractivity contribution in [3.63, 3.8) is 0 Å². The molecule has 0 unspecified atom stereocenters. The summed E-state index contributed by atoms with van der Waals surface area (Å²) in [7, 11) is 22.6. The van der Waals surface area contributed by atoms with Gasteiger partial charge >= 0.3 is 41.3 Å². The van der Waals surface area contributed by atoms with Gasteiger partial charge in [-0.25, -0.2) is 23.8 Å². The summed E-state index contributed by atoms with van der Waals surface area (Å²) < 4.78 is 71.6. The Hall–Kier alpha value is -7.66. The molecule has 6 aromatic carbocycles. The molecule has 1 amide bonds. The number of hydrogen-bond donors (Lipinski definition) is 6. The Bertz CT molecular complexity index is 3720. The molecule has 27 nitrogen and oxygen atoms in total. The number of methoxy groups -OCH3 is 10. The number of aliphatic imine (C=N–C) groups is 2. The van der Waals surface area contributed by atoms with Gasteiger partial charge in [0.25, 0.3) is 11.1 Å². The minimum Gasteiger partial charge on any atom is -0.496 e. The van der Waals surface area contributed by atoms with E-state index < -0.39 is 48.0 Å². The summed E-state index contributed by atoms with van der Waals surface area (Å²) >= 11 is 23.9. The molecule has 626 valence electrons. The van der Waals surface area contributed by atoms with Crippen LogP contribution in [0.1, 0.15) is 140 Å². The number of carbonyl (C=O) groups is 6. The van der Waals surface area contributed by atoms with Gasteiger partial charge in [-0.15, -0.1) is 23.2 Å². The average molecular weight is 1740 g/mol. The molecule has 0 atom stereocenters. The molecule has 7 N–H and O–H groups in total. The molecule has 0 radical (unpaired) electrons. The van der Waals surface area contributed by atoms with Gasteiger partial charge in [-0.2, -0.15) is 6.92 Å². The van der Waals surface area contributed by atoms with Crippen LogP contribution < -0.4 is 77.3 Å². The van der Waals surface area contributed by atoms with Crippen LogP contribution in [0.2, 0.25) is 0 Å². The van der Waals surface area contributed by atoms with Gasteiger partial charge in [-0.1, -0.05) is 50.2 Å². The van der Waals surface area contributed by atoms with Crippen LogP contribution in [-0.2, 0) is 41.1 Å². The van der Waals surface area contributed by atoms with Crippen molar-refractivity contribution < 1.29 is 129 Å². The van der Waals surface area contributed by atoms with Crippen LogP contribution >= 0.6 is 79.4 Å². The van der Waals surface area contributed by atoms with Crippen LogP contribution in [0.3, 0.4) is 0 Å². The third kappa shape index (κ3) is 42.0. The molecule has 2 heterocycles. The molecule has 0 saturated heterocycles. The Kier molecular flexibility index (Phi) is 58.4. The number of alkyl halides is 2. The molecule has 0 bridgehead atoms. The van der Waals surface area contributed by atoms with E-state index in [1.54, 1.807) is 130 Å². The summed E-state index contributed by atoms with van der Waals surface area (Å²) in [5.41, 5.74) is 8.79. The summed E-state index contributed by atoms with van der Waals surface area (Å²) in [4.78, 5) is 72.5. The van der Waals surface area contributed by atoms with E-state index >= 15 is 0 Å². The topological polar surface area (TPSA) is 374 Å². The molecule has 0 aromatic heterocycles. The number of rotatable bonds is 22. The third-order valence-corrected chi connectivity index (χ3v) is 14.4. The summed E-state index contributed by atoms with van der Waals surface area (Å²) in [6.45, 7) is 25.4. The minimum atomic E-state index is -1.67. The van der Waals surface area contributed by atoms with Crippen molar-refractivity contribution in [1.82, 2.24) is 5.32 Å². The van der Waals surface area contributed by atoms with Gasteiger partial charge in [0.15, 0.2) is 46.0 Å². The van der Waals surface area contributed by atoms with Gasteiger partial charge in [0.1, 0.15) is 30.3 Å². The molecule has 6 aromatic rings. The zero-order valence-corrected chi connectivity index (χ0v) is 73.7. The van der Waals surface area contributed by atoms with Crippen molar-refractivity contribution in [3.05, 3.63) is 161 Å². The van der Waals surface area contributed by atoms with Crippen LogP contribution in [0.4, 0.5) is 0 Å². The Balaban J connectivity index is -0.000000601. The number of nitrogens with zero attached hydrogens (tertiary/aromatic N) is 2. The summed E-state index contributed by atoms with van der Waals surface area (Å²) in [5, 5.41) is 35.1. The summed E-state index contributed by atoms with van der Waals surface area (Å²) in [6, 6.07) is 31.4. The molecule has 2 aliphatic heterocycles. The van der Waals surface area contributed by atoms with Gasteiger partial charge in [0.2, 0.25) is 21.0 Å². The number of carboxylic acid groups (broad SMARTS) is 2. The second-order valence-corrected chi connectivity index (χ2v) is 28.6. The number of aliphatic hydroxyl groups is 2. The largest absolute Gasteiger partial charge is 1.00 e. The molecule has 0 fully saturated rings. The second kappa shape index (κ2) is 59.1. The Morgan fingerprint density at radius 3 is 1.07 bits per heavy atom. The van der Waals surface area contributed by atoms with Gasteiger partial charge < -0.3 is 95.2 Å². The first kappa shape index (κ1) is 112. The molecule has 8 rings (SSSR count). The number of aromatic carboxylic acids is 2. The monoisotopic (exact) mass is 1740 g/mol. The number of nitrogens with two attached hydrogens (primary N) is 1. The fourth-order valence-electron chi connectivity index (χ4n) is 8.72. The maximum atomic E-state index is 12.1. The van der Waals surface area contributed by atoms with E-state index in [1.807, 2.05) is 57.2 Å². The first-order chi connectivity index (χ1) is 52.5. The van der Waals surface area contributed by atoms with Crippen LogP contribution in [0.5, 0.6) is 57.5 Å². The molecular weight excluding hydrogens is 1640 g/mol. The van der Waals surface area contributed by atoms with E-state index in [0.717, 1.165) is 40.3 Å². The summed E-state index contributed by atoms with van der Waals surface area (Å²) in [6.07, 6.45) is 1.56. The number of amides is 1. The predicted molar refractivity (Wildman–Crippen MR) is 443 cm³/mol. The van der Waals surface area contributed by atoms with Crippen molar-refractivity contribution >= 4 is 134 Å². The fourth-order valence-corrected chi connectivity index (χ4v) is 8.87. The molecular formula is C77H104Cl7LiN4O23S. The van der Waals surface area contributed by atoms with Gasteiger partial charge in [-0.05, 0) is 176 Å². The molecule has 2 aliphatic rings. The van der Waals surface area contributed by atoms with E-state index in [1.165, 1.54) is 48.7 Å². The number of nitrogens with one attached hydrogen (secondary N) is 1. The van der Waals surface area contributed by atoms with Crippen molar-refractivity contribution in [3.8, 4) is 57.5 Å². The zero-order valence-electron chi connectivity index (χ0n) is 67.6. The minimum absolute atomic E-state index is 0. The van der Waals surface area contributed by atoms with Crippen LogP contribution in [-0.4, -0.2) is 195 Å². The number of para-hydroxylation sites is 4. The van der Waals surface area contributed by atoms with Crippen molar-refractivity contribution in [2.45, 2.75) is 111 Å². The fraction of sp³-hybridized carbons (Fsp3) is 0.416. The van der Waals surface area contributed by atoms with E-state index in [9.17, 15) is 28.8 Å². The van der Waals surface area contributed by atoms with Gasteiger partial charge in [0, 0.05) is 43.6 Å². The number of carboxylic acids is 2. The number of aliphatic hydroxyl groups excluding tert-OH is 2. The van der Waals surface area contributed by atoms with Crippen LogP contribution in [0.15, 0.2) is 119 Å². The van der Waals surface area contributed by atoms with E-state index in [4.69, 9.17) is 122 Å². The first-order valence-electron chi connectivity index (χ1n) is 33.1. The smallest absolute Gasteiger partial charge is 0.496 e. The third-order valence-electron chi connectivity index (χ3n) is 13.7. The maximum absolute atomic E-state index is 12.1. The van der Waals surface area contributed by atoms with Crippen LogP contribution in [0, 0.1) is 6.92 Å². The van der Waals surface area contributed by atoms with Gasteiger partial charge in [0.05, 0.1) is 129 Å². The van der Waals surface area contributed by atoms with Crippen LogP contribution in [0.25, 0.3) is 0 Å². The Labute approximate surface area is 711 Å². The molecule has 0 aliphatic carbocycles. The van der Waals surface area contributed by atoms with E-state index in [0.29, 0.717) is 88.2 Å². The first-order valence-corrected chi connectivity index (χ1v) is 38.1. The Morgan fingerprint density at radius 1 is 0.496 bits per heavy atom. The number of benzene rings is 6. The second-order valence-electron chi connectivity index (χ2n) is 24.2. The zero-order chi connectivity index (χ0) is 86.9. The SMILES string of the molecule is CC(C)(N)CO.CCc1c(OC)cccc1C(=O)O.CCc1c(OC)cccc1C1=NC(C)(C)CO1.COc1cccc(C(=O)Cl)c1OC.COc1cccc(C(=O)NC(C)(C)CO)c1OC.COc1cccc(C(=O)O)c1OC.COc1cccc(C2=NC(C)(C)CO2)c1OC.ClCCl.O=C(Cl)C(=O)Cl.O=S(Cl)Cl.[CH2-]C.[Li+]. The maximum Gasteiger partial charge on any atom is 1.00 e. The number of halogens is 7. The Morgan fingerprint density at radius 2 is 0.779 bits per heavy atom. The number of hydrogen-bond acceptors (Lipinski definition) is 24. The molecule has 0 saturated carbocycles. The molecule has 36 heteroatoms.